The number of amides is 3. The molecular weight excluding hydrogens is 306 g/mol. The number of carbonyl (C=O) groups excluding carboxylic acids is 3. The molecular formula is C18H33N3O3. The minimum atomic E-state index is -0.453. The van der Waals surface area contributed by atoms with E-state index >= 15 is 0 Å². The summed E-state index contributed by atoms with van der Waals surface area (Å²) in [5.74, 6) is 0.196. The summed E-state index contributed by atoms with van der Waals surface area (Å²) in [6.45, 7) is 8.90. The quantitative estimate of drug-likeness (QED) is 0.691. The molecule has 2 atom stereocenters. The monoisotopic (exact) mass is 339 g/mol. The van der Waals surface area contributed by atoms with Gasteiger partial charge in [-0.25, -0.2) is 4.79 Å². The van der Waals surface area contributed by atoms with Gasteiger partial charge in [-0.05, 0) is 38.5 Å². The zero-order valence-electron chi connectivity index (χ0n) is 15.8. The van der Waals surface area contributed by atoms with Crippen LogP contribution in [0.3, 0.4) is 0 Å². The molecule has 0 aromatic rings. The van der Waals surface area contributed by atoms with E-state index in [4.69, 9.17) is 0 Å². The summed E-state index contributed by atoms with van der Waals surface area (Å²) in [6, 6.07) is -1.04. The third kappa shape index (κ3) is 5.49. The van der Waals surface area contributed by atoms with Crippen molar-refractivity contribution in [2.45, 2.75) is 71.9 Å². The van der Waals surface area contributed by atoms with Gasteiger partial charge in [0.15, 0.2) is 5.78 Å². The molecule has 0 aromatic heterocycles. The summed E-state index contributed by atoms with van der Waals surface area (Å²) in [5, 5.41) is 2.88. The molecule has 6 heteroatoms. The maximum atomic E-state index is 12.9. The standard InChI is InChI=1S/C18H33N3O3/c1-6-7-10-19-18(24)21-11-8-9-15(21)17(23)20(5)16(14(4)22)12-13(2)3/h13,15-16H,6-12H2,1-5H3,(H,19,24)/t15-,16+/m0/s1. The summed E-state index contributed by atoms with van der Waals surface area (Å²) in [4.78, 5) is 40.3. The fourth-order valence-corrected chi connectivity index (χ4v) is 3.17. The molecule has 0 unspecified atom stereocenters. The summed E-state index contributed by atoms with van der Waals surface area (Å²) in [6.07, 6.45) is 4.07. The topological polar surface area (TPSA) is 69.7 Å². The molecule has 6 nitrogen and oxygen atoms in total. The van der Waals surface area contributed by atoms with E-state index in [1.54, 1.807) is 16.8 Å². The molecule has 1 aliphatic heterocycles. The van der Waals surface area contributed by atoms with Gasteiger partial charge in [0.1, 0.15) is 6.04 Å². The first-order valence-electron chi connectivity index (χ1n) is 9.11. The Morgan fingerprint density at radius 3 is 2.50 bits per heavy atom. The van der Waals surface area contributed by atoms with Gasteiger partial charge in [0.2, 0.25) is 5.91 Å². The smallest absolute Gasteiger partial charge is 0.318 e. The molecule has 1 heterocycles. The summed E-state index contributed by atoms with van der Waals surface area (Å²) in [5.41, 5.74) is 0. The van der Waals surface area contributed by atoms with Gasteiger partial charge in [0, 0.05) is 20.1 Å². The number of hydrogen-bond acceptors (Lipinski definition) is 3. The van der Waals surface area contributed by atoms with Crippen LogP contribution in [0.5, 0.6) is 0 Å². The van der Waals surface area contributed by atoms with Crippen LogP contribution in [0.1, 0.15) is 59.8 Å². The van der Waals surface area contributed by atoms with Crippen molar-refractivity contribution in [2.75, 3.05) is 20.1 Å². The summed E-state index contributed by atoms with van der Waals surface area (Å²) >= 11 is 0. The average molecular weight is 339 g/mol. The molecule has 0 saturated carbocycles. The lowest BCUT2D eigenvalue weighted by atomic mass is 9.99. The molecule has 0 aromatic carbocycles. The molecule has 1 N–H and O–H groups in total. The lowest BCUT2D eigenvalue weighted by molar-refractivity contribution is -0.140. The van der Waals surface area contributed by atoms with E-state index in [0.29, 0.717) is 31.8 Å². The van der Waals surface area contributed by atoms with Gasteiger partial charge in [-0.1, -0.05) is 27.2 Å². The first-order chi connectivity index (χ1) is 11.3. The normalized spacial score (nSPS) is 18.6. The molecule has 1 saturated heterocycles. The number of likely N-dealkylation sites (tertiary alicyclic amines) is 1. The van der Waals surface area contributed by atoms with Crippen LogP contribution in [0.4, 0.5) is 4.79 Å². The second-order valence-corrected chi connectivity index (χ2v) is 7.14. The van der Waals surface area contributed by atoms with Crippen LogP contribution in [-0.4, -0.2) is 59.7 Å². The molecule has 3 amide bonds. The number of nitrogens with zero attached hydrogens (tertiary/aromatic N) is 2. The van der Waals surface area contributed by atoms with Gasteiger partial charge in [0.05, 0.1) is 6.04 Å². The van der Waals surface area contributed by atoms with Crippen LogP contribution in [0.2, 0.25) is 0 Å². The number of nitrogens with one attached hydrogen (secondary N) is 1. The van der Waals surface area contributed by atoms with E-state index in [0.717, 1.165) is 19.3 Å². The zero-order valence-corrected chi connectivity index (χ0v) is 15.8. The molecule has 24 heavy (non-hydrogen) atoms. The molecule has 1 rings (SSSR count). The third-order valence-corrected chi connectivity index (χ3v) is 4.58. The molecule has 0 bridgehead atoms. The first-order valence-corrected chi connectivity index (χ1v) is 9.11. The summed E-state index contributed by atoms with van der Waals surface area (Å²) in [7, 11) is 1.68. The minimum absolute atomic E-state index is 0.00325. The number of unbranched alkanes of at least 4 members (excludes halogenated alkanes) is 1. The van der Waals surface area contributed by atoms with Gasteiger partial charge in [-0.3, -0.25) is 9.59 Å². The third-order valence-electron chi connectivity index (χ3n) is 4.58. The maximum Gasteiger partial charge on any atom is 0.318 e. The Hall–Kier alpha value is -1.59. The van der Waals surface area contributed by atoms with E-state index < -0.39 is 12.1 Å². The fraction of sp³-hybridized carbons (Fsp3) is 0.833. The van der Waals surface area contributed by atoms with Gasteiger partial charge >= 0.3 is 6.03 Å². The van der Waals surface area contributed by atoms with Crippen LogP contribution in [0.25, 0.3) is 0 Å². The number of rotatable bonds is 8. The van der Waals surface area contributed by atoms with Crippen LogP contribution in [0.15, 0.2) is 0 Å². The van der Waals surface area contributed by atoms with Crippen molar-refractivity contribution >= 4 is 17.7 Å². The van der Waals surface area contributed by atoms with Crippen molar-refractivity contribution in [3.05, 3.63) is 0 Å². The number of likely N-dealkylation sites (N-methyl/N-ethyl adjacent to an activating group) is 1. The molecule has 138 valence electrons. The maximum absolute atomic E-state index is 12.9. The number of hydrogen-bond donors (Lipinski definition) is 1. The second kappa shape index (κ2) is 9.64. The highest BCUT2D eigenvalue weighted by atomic mass is 16.2. The van der Waals surface area contributed by atoms with E-state index in [2.05, 4.69) is 12.2 Å². The number of ketones is 1. The van der Waals surface area contributed by atoms with Crippen molar-refractivity contribution < 1.29 is 14.4 Å². The Bertz CT molecular complexity index is 451. The van der Waals surface area contributed by atoms with E-state index in [-0.39, 0.29) is 17.7 Å². The molecule has 0 radical (unpaired) electrons. The Labute approximate surface area is 145 Å². The van der Waals surface area contributed by atoms with Crippen molar-refractivity contribution in [1.82, 2.24) is 15.1 Å². The Balaban J connectivity index is 2.75. The Morgan fingerprint density at radius 1 is 1.29 bits per heavy atom. The first kappa shape index (κ1) is 20.5. The largest absolute Gasteiger partial charge is 0.338 e. The van der Waals surface area contributed by atoms with Gasteiger partial charge in [-0.2, -0.15) is 0 Å². The highest BCUT2D eigenvalue weighted by Crippen LogP contribution is 2.21. The number of carbonyl (C=O) groups is 3. The van der Waals surface area contributed by atoms with E-state index in [1.165, 1.54) is 6.92 Å². The minimum Gasteiger partial charge on any atom is -0.338 e. The van der Waals surface area contributed by atoms with Gasteiger partial charge in [-0.15, -0.1) is 0 Å². The van der Waals surface area contributed by atoms with Crippen molar-refractivity contribution in [3.63, 3.8) is 0 Å². The van der Waals surface area contributed by atoms with Crippen molar-refractivity contribution in [3.8, 4) is 0 Å². The SMILES string of the molecule is CCCCNC(=O)N1CCC[C@H]1C(=O)N(C)[C@H](CC(C)C)C(C)=O. The van der Waals surface area contributed by atoms with Gasteiger partial charge < -0.3 is 15.1 Å². The second-order valence-electron chi connectivity index (χ2n) is 7.14. The molecule has 1 fully saturated rings. The number of Topliss-reactive ketones (excluding diaryl/α,β-unsaturated/α-hetero) is 1. The predicted molar refractivity (Wildman–Crippen MR) is 94.7 cm³/mol. The van der Waals surface area contributed by atoms with Crippen LogP contribution in [0, 0.1) is 5.92 Å². The molecule has 1 aliphatic rings. The van der Waals surface area contributed by atoms with E-state index in [9.17, 15) is 14.4 Å². The van der Waals surface area contributed by atoms with E-state index in [1.807, 2.05) is 13.8 Å². The zero-order chi connectivity index (χ0) is 18.3. The average Bonchev–Trinajstić information content (AvgIpc) is 3.00. The molecule has 0 spiro atoms. The van der Waals surface area contributed by atoms with Crippen LogP contribution < -0.4 is 5.32 Å². The highest BCUT2D eigenvalue weighted by molar-refractivity contribution is 5.92. The lowest BCUT2D eigenvalue weighted by Gasteiger charge is -2.32. The van der Waals surface area contributed by atoms with Crippen LogP contribution in [-0.2, 0) is 9.59 Å². The van der Waals surface area contributed by atoms with Crippen molar-refractivity contribution in [1.29, 1.82) is 0 Å². The number of urea groups is 1. The van der Waals surface area contributed by atoms with Crippen LogP contribution >= 0.6 is 0 Å². The highest BCUT2D eigenvalue weighted by Gasteiger charge is 2.38. The van der Waals surface area contributed by atoms with Crippen molar-refractivity contribution in [2.24, 2.45) is 5.92 Å². The van der Waals surface area contributed by atoms with Gasteiger partial charge in [0.25, 0.3) is 0 Å². The molecule has 0 aliphatic carbocycles. The summed E-state index contributed by atoms with van der Waals surface area (Å²) < 4.78 is 0. The predicted octanol–water partition coefficient (Wildman–Crippen LogP) is 2.42. The fourth-order valence-electron chi connectivity index (χ4n) is 3.17. The Morgan fingerprint density at radius 2 is 1.96 bits per heavy atom. The lowest BCUT2D eigenvalue weighted by Crippen LogP contribution is -2.53. The Kier molecular flexibility index (Phi) is 8.22.